The summed E-state index contributed by atoms with van der Waals surface area (Å²) in [5, 5.41) is 4.14. The van der Waals surface area contributed by atoms with Gasteiger partial charge >= 0.3 is 0 Å². The third-order valence-electron chi connectivity index (χ3n) is 4.30. The summed E-state index contributed by atoms with van der Waals surface area (Å²) >= 11 is 7.59. The Morgan fingerprint density at radius 2 is 2.05 bits per heavy atom. The van der Waals surface area contributed by atoms with Crippen molar-refractivity contribution >= 4 is 29.1 Å². The van der Waals surface area contributed by atoms with E-state index >= 15 is 0 Å². The zero-order valence-electron chi connectivity index (χ0n) is 12.3. The van der Waals surface area contributed by atoms with Gasteiger partial charge in [0.1, 0.15) is 5.76 Å². The minimum absolute atomic E-state index is 0.673. The van der Waals surface area contributed by atoms with E-state index in [1.54, 1.807) is 6.26 Å². The molecule has 0 bridgehead atoms. The number of piperazine rings is 1. The van der Waals surface area contributed by atoms with E-state index in [0.29, 0.717) is 6.54 Å². The molecule has 0 amide bonds. The van der Waals surface area contributed by atoms with E-state index in [1.165, 1.54) is 24.3 Å². The fraction of sp³-hybridized carbons (Fsp3) is 0.667. The quantitative estimate of drug-likeness (QED) is 0.858. The third kappa shape index (κ3) is 4.14. The van der Waals surface area contributed by atoms with Gasteiger partial charge in [-0.25, -0.2) is 0 Å². The molecule has 0 unspecified atom stereocenters. The Morgan fingerprint density at radius 3 is 2.71 bits per heavy atom. The summed E-state index contributed by atoms with van der Waals surface area (Å²) in [6.07, 6.45) is 4.40. The van der Waals surface area contributed by atoms with Crippen molar-refractivity contribution in [1.82, 2.24) is 15.1 Å². The number of hydrogen-bond donors (Lipinski definition) is 1. The van der Waals surface area contributed by atoms with E-state index in [0.717, 1.165) is 43.1 Å². The predicted octanol–water partition coefficient (Wildman–Crippen LogP) is 2.17. The van der Waals surface area contributed by atoms with E-state index in [9.17, 15) is 0 Å². The third-order valence-corrected chi connectivity index (χ3v) is 5.75. The summed E-state index contributed by atoms with van der Waals surface area (Å²) in [5.74, 6) is 3.58. The number of rotatable bonds is 3. The smallest absolute Gasteiger partial charge is 0.169 e. The lowest BCUT2D eigenvalue weighted by molar-refractivity contribution is 0.125. The standard InChI is InChI=1S/C15H23N3OS2/c20-15(16-12-14-2-1-9-19-14)18-7-5-17(6-8-18)13-3-10-21-11-4-13/h1-2,9,13H,3-8,10-12H2,(H,16,20). The topological polar surface area (TPSA) is 31.7 Å². The van der Waals surface area contributed by atoms with Gasteiger partial charge in [0.15, 0.2) is 5.11 Å². The van der Waals surface area contributed by atoms with Crippen molar-refractivity contribution in [3.8, 4) is 0 Å². The number of nitrogens with one attached hydrogen (secondary N) is 1. The molecule has 0 saturated carbocycles. The van der Waals surface area contributed by atoms with Gasteiger partial charge in [-0.2, -0.15) is 11.8 Å². The van der Waals surface area contributed by atoms with Crippen LogP contribution in [-0.2, 0) is 6.54 Å². The molecule has 2 saturated heterocycles. The lowest BCUT2D eigenvalue weighted by Crippen LogP contribution is -2.54. The van der Waals surface area contributed by atoms with Gasteiger partial charge in [0.25, 0.3) is 0 Å². The Bertz CT molecular complexity index is 438. The first-order valence-corrected chi connectivity index (χ1v) is 9.26. The Hall–Kier alpha value is -0.720. The van der Waals surface area contributed by atoms with Crippen molar-refractivity contribution in [2.45, 2.75) is 25.4 Å². The van der Waals surface area contributed by atoms with Crippen molar-refractivity contribution in [3.05, 3.63) is 24.2 Å². The minimum Gasteiger partial charge on any atom is -0.467 e. The van der Waals surface area contributed by atoms with Gasteiger partial charge in [0.2, 0.25) is 0 Å². The van der Waals surface area contributed by atoms with E-state index in [4.69, 9.17) is 16.6 Å². The summed E-state index contributed by atoms with van der Waals surface area (Å²) in [6, 6.07) is 4.67. The molecule has 3 heterocycles. The normalized spacial score (nSPS) is 21.4. The highest BCUT2D eigenvalue weighted by molar-refractivity contribution is 7.99. The molecular formula is C15H23N3OS2. The van der Waals surface area contributed by atoms with E-state index in [-0.39, 0.29) is 0 Å². The van der Waals surface area contributed by atoms with Crippen molar-refractivity contribution in [3.63, 3.8) is 0 Å². The Balaban J connectivity index is 1.41. The van der Waals surface area contributed by atoms with Gasteiger partial charge in [-0.3, -0.25) is 4.90 Å². The maximum absolute atomic E-state index is 5.49. The van der Waals surface area contributed by atoms with Crippen LogP contribution in [0.4, 0.5) is 0 Å². The van der Waals surface area contributed by atoms with Gasteiger partial charge in [-0.05, 0) is 48.7 Å². The highest BCUT2D eigenvalue weighted by Gasteiger charge is 2.26. The van der Waals surface area contributed by atoms with Gasteiger partial charge < -0.3 is 14.6 Å². The molecule has 0 aliphatic carbocycles. The lowest BCUT2D eigenvalue weighted by atomic mass is 10.1. The molecule has 0 aromatic carbocycles. The number of nitrogens with zero attached hydrogens (tertiary/aromatic N) is 2. The van der Waals surface area contributed by atoms with E-state index < -0.39 is 0 Å². The second-order valence-electron chi connectivity index (χ2n) is 5.60. The van der Waals surface area contributed by atoms with Crippen molar-refractivity contribution in [1.29, 1.82) is 0 Å². The second kappa shape index (κ2) is 7.51. The second-order valence-corrected chi connectivity index (χ2v) is 7.22. The molecule has 0 radical (unpaired) electrons. The molecule has 2 aliphatic rings. The number of thioether (sulfide) groups is 1. The summed E-state index contributed by atoms with van der Waals surface area (Å²) in [5.41, 5.74) is 0. The molecule has 6 heteroatoms. The van der Waals surface area contributed by atoms with Crippen LogP contribution >= 0.6 is 24.0 Å². The first-order chi connectivity index (χ1) is 10.3. The SMILES string of the molecule is S=C(NCc1ccco1)N1CCN(C2CCSCC2)CC1. The highest BCUT2D eigenvalue weighted by Crippen LogP contribution is 2.22. The van der Waals surface area contributed by atoms with E-state index in [2.05, 4.69) is 26.9 Å². The molecule has 2 fully saturated rings. The van der Waals surface area contributed by atoms with Gasteiger partial charge in [0, 0.05) is 32.2 Å². The van der Waals surface area contributed by atoms with Crippen LogP contribution in [-0.4, -0.2) is 58.6 Å². The van der Waals surface area contributed by atoms with Crippen LogP contribution in [0.25, 0.3) is 0 Å². The molecule has 21 heavy (non-hydrogen) atoms. The van der Waals surface area contributed by atoms with Gasteiger partial charge in [-0.1, -0.05) is 0 Å². The lowest BCUT2D eigenvalue weighted by Gasteiger charge is -2.41. The monoisotopic (exact) mass is 325 g/mol. The summed E-state index contributed by atoms with van der Waals surface area (Å²) < 4.78 is 5.32. The number of furan rings is 1. The first-order valence-electron chi connectivity index (χ1n) is 7.70. The van der Waals surface area contributed by atoms with Crippen LogP contribution in [0.5, 0.6) is 0 Å². The average Bonchev–Trinajstić information content (AvgIpc) is 3.07. The Kier molecular flexibility index (Phi) is 5.43. The van der Waals surface area contributed by atoms with Crippen LogP contribution in [0.2, 0.25) is 0 Å². The first kappa shape index (κ1) is 15.2. The maximum Gasteiger partial charge on any atom is 0.169 e. The predicted molar refractivity (Wildman–Crippen MR) is 91.6 cm³/mol. The Labute approximate surface area is 136 Å². The summed E-state index contributed by atoms with van der Waals surface area (Å²) in [4.78, 5) is 4.94. The Morgan fingerprint density at radius 1 is 1.29 bits per heavy atom. The fourth-order valence-electron chi connectivity index (χ4n) is 3.03. The molecule has 0 atom stereocenters. The molecule has 1 aromatic heterocycles. The van der Waals surface area contributed by atoms with Crippen LogP contribution in [0.1, 0.15) is 18.6 Å². The molecule has 116 valence electrons. The zero-order chi connectivity index (χ0) is 14.5. The molecular weight excluding hydrogens is 302 g/mol. The van der Waals surface area contributed by atoms with Gasteiger partial charge in [0.05, 0.1) is 12.8 Å². The van der Waals surface area contributed by atoms with Crippen LogP contribution in [0.15, 0.2) is 22.8 Å². The fourth-order valence-corrected chi connectivity index (χ4v) is 4.36. The molecule has 2 aliphatic heterocycles. The van der Waals surface area contributed by atoms with Crippen molar-refractivity contribution in [2.24, 2.45) is 0 Å². The number of hydrogen-bond acceptors (Lipinski definition) is 4. The summed E-state index contributed by atoms with van der Waals surface area (Å²) in [7, 11) is 0. The average molecular weight is 326 g/mol. The van der Waals surface area contributed by atoms with Crippen LogP contribution in [0, 0.1) is 0 Å². The molecule has 0 spiro atoms. The van der Waals surface area contributed by atoms with Crippen LogP contribution in [0.3, 0.4) is 0 Å². The molecule has 1 N–H and O–H groups in total. The summed E-state index contributed by atoms with van der Waals surface area (Å²) in [6.45, 7) is 5.02. The maximum atomic E-state index is 5.49. The number of thiocarbonyl (C=S) groups is 1. The van der Waals surface area contributed by atoms with Crippen molar-refractivity contribution in [2.75, 3.05) is 37.7 Å². The van der Waals surface area contributed by atoms with Crippen LogP contribution < -0.4 is 5.32 Å². The molecule has 4 nitrogen and oxygen atoms in total. The van der Waals surface area contributed by atoms with Gasteiger partial charge in [-0.15, -0.1) is 0 Å². The zero-order valence-corrected chi connectivity index (χ0v) is 13.9. The molecule has 3 rings (SSSR count). The van der Waals surface area contributed by atoms with E-state index in [1.807, 2.05) is 12.1 Å². The largest absolute Gasteiger partial charge is 0.467 e. The molecule has 1 aromatic rings. The minimum atomic E-state index is 0.673. The van der Waals surface area contributed by atoms with Crippen molar-refractivity contribution < 1.29 is 4.42 Å². The highest BCUT2D eigenvalue weighted by atomic mass is 32.2.